The molecule has 0 radical (unpaired) electrons. The molecule has 1 fully saturated rings. The zero-order chi connectivity index (χ0) is 20.0. The van der Waals surface area contributed by atoms with Gasteiger partial charge in [0.2, 0.25) is 0 Å². The Hall–Kier alpha value is -1.23. The number of ketones is 1. The van der Waals surface area contributed by atoms with Crippen molar-refractivity contribution in [2.24, 2.45) is 5.92 Å². The fraction of sp³-hybridized carbons (Fsp3) is 0.708. The van der Waals surface area contributed by atoms with E-state index in [4.69, 9.17) is 4.74 Å². The van der Waals surface area contributed by atoms with E-state index < -0.39 is 6.10 Å². The summed E-state index contributed by atoms with van der Waals surface area (Å²) in [6.07, 6.45) is 9.06. The Morgan fingerprint density at radius 1 is 1.04 bits per heavy atom. The van der Waals surface area contributed by atoms with Crippen LogP contribution in [0.1, 0.15) is 76.4 Å². The van der Waals surface area contributed by atoms with Crippen molar-refractivity contribution in [2.75, 3.05) is 32.8 Å². The normalized spacial score (nSPS) is 17.4. The maximum absolute atomic E-state index is 12.6. The Morgan fingerprint density at radius 3 is 2.36 bits per heavy atom. The fourth-order valence-electron chi connectivity index (χ4n) is 3.99. The van der Waals surface area contributed by atoms with Gasteiger partial charge in [-0.1, -0.05) is 75.8 Å². The third-order valence-electron chi connectivity index (χ3n) is 5.73. The van der Waals surface area contributed by atoms with Gasteiger partial charge in [-0.15, -0.1) is 0 Å². The standard InChI is InChI=1S/C24H39NO3/c1-2-3-4-5-6-7-11-14-23(26)19-22(20-25-15-17-28-18-16-25)24(27)21-12-9-8-10-13-21/h8-10,12-13,22,24,27H,2-7,11,14-20H2,1H3/t22-,24-/m1/s1. The number of carbonyl (C=O) groups excluding carboxylic acids is 1. The lowest BCUT2D eigenvalue weighted by molar-refractivity contribution is -0.121. The molecular formula is C24H39NO3. The van der Waals surface area contributed by atoms with Crippen LogP contribution in [0, 0.1) is 5.92 Å². The summed E-state index contributed by atoms with van der Waals surface area (Å²) in [5.74, 6) is 0.236. The van der Waals surface area contributed by atoms with Gasteiger partial charge in [-0.3, -0.25) is 9.69 Å². The summed E-state index contributed by atoms with van der Waals surface area (Å²) in [6.45, 7) is 6.21. The zero-order valence-corrected chi connectivity index (χ0v) is 17.7. The minimum atomic E-state index is -0.595. The Bertz CT molecular complexity index is 528. The molecular weight excluding hydrogens is 350 g/mol. The van der Waals surface area contributed by atoms with Crippen LogP contribution in [0.2, 0.25) is 0 Å². The van der Waals surface area contributed by atoms with Gasteiger partial charge in [0.05, 0.1) is 19.3 Å². The molecule has 0 aromatic heterocycles. The highest BCUT2D eigenvalue weighted by atomic mass is 16.5. The van der Waals surface area contributed by atoms with Crippen molar-refractivity contribution < 1.29 is 14.6 Å². The number of aliphatic hydroxyl groups excluding tert-OH is 1. The Labute approximate surface area is 171 Å². The van der Waals surface area contributed by atoms with Crippen LogP contribution in [0.5, 0.6) is 0 Å². The number of ether oxygens (including phenoxy) is 1. The summed E-state index contributed by atoms with van der Waals surface area (Å²) in [5, 5.41) is 10.9. The predicted molar refractivity (Wildman–Crippen MR) is 114 cm³/mol. The second-order valence-electron chi connectivity index (χ2n) is 8.14. The molecule has 2 rings (SSSR count). The summed E-state index contributed by atoms with van der Waals surface area (Å²) < 4.78 is 5.44. The molecule has 0 amide bonds. The van der Waals surface area contributed by atoms with Crippen molar-refractivity contribution in [3.63, 3.8) is 0 Å². The van der Waals surface area contributed by atoms with Crippen molar-refractivity contribution in [1.82, 2.24) is 4.90 Å². The van der Waals surface area contributed by atoms with E-state index in [1.54, 1.807) is 0 Å². The van der Waals surface area contributed by atoms with E-state index in [2.05, 4.69) is 11.8 Å². The van der Waals surface area contributed by atoms with Gasteiger partial charge in [-0.2, -0.15) is 0 Å². The quantitative estimate of drug-likeness (QED) is 0.466. The number of unbranched alkanes of at least 4 members (excludes halogenated alkanes) is 6. The maximum atomic E-state index is 12.6. The molecule has 1 aliphatic rings. The largest absolute Gasteiger partial charge is 0.388 e. The molecule has 2 atom stereocenters. The molecule has 0 saturated carbocycles. The van der Waals surface area contributed by atoms with Crippen molar-refractivity contribution in [3.05, 3.63) is 35.9 Å². The first-order valence-corrected chi connectivity index (χ1v) is 11.3. The van der Waals surface area contributed by atoms with Gasteiger partial charge in [-0.05, 0) is 12.0 Å². The van der Waals surface area contributed by atoms with E-state index in [0.29, 0.717) is 18.6 Å². The minimum Gasteiger partial charge on any atom is -0.388 e. The SMILES string of the molecule is CCCCCCCCCC(=O)C[C@H](CN1CCOCC1)[C@H](O)c1ccccc1. The monoisotopic (exact) mass is 389 g/mol. The molecule has 4 heteroatoms. The summed E-state index contributed by atoms with van der Waals surface area (Å²) in [6, 6.07) is 9.77. The van der Waals surface area contributed by atoms with Crippen LogP contribution < -0.4 is 0 Å². The number of benzene rings is 1. The Kier molecular flexibility index (Phi) is 11.4. The number of morpholine rings is 1. The van der Waals surface area contributed by atoms with Crippen LogP contribution in [0.3, 0.4) is 0 Å². The summed E-state index contributed by atoms with van der Waals surface area (Å²) in [7, 11) is 0. The van der Waals surface area contributed by atoms with Gasteiger partial charge in [0.15, 0.2) is 0 Å². The molecule has 0 unspecified atom stereocenters. The van der Waals surface area contributed by atoms with Crippen LogP contribution in [0.4, 0.5) is 0 Å². The first-order chi connectivity index (χ1) is 13.7. The minimum absolute atomic E-state index is 0.0578. The fourth-order valence-corrected chi connectivity index (χ4v) is 3.99. The molecule has 1 aliphatic heterocycles. The van der Waals surface area contributed by atoms with Crippen LogP contribution in [-0.2, 0) is 9.53 Å². The van der Waals surface area contributed by atoms with E-state index in [-0.39, 0.29) is 5.92 Å². The van der Waals surface area contributed by atoms with Gasteiger partial charge in [0, 0.05) is 38.4 Å². The second kappa shape index (κ2) is 13.9. The van der Waals surface area contributed by atoms with Crippen molar-refractivity contribution in [2.45, 2.75) is 70.8 Å². The highest BCUT2D eigenvalue weighted by Gasteiger charge is 2.26. The van der Waals surface area contributed by atoms with E-state index in [1.807, 2.05) is 30.3 Å². The first kappa shape index (κ1) is 23.1. The Balaban J connectivity index is 1.81. The molecule has 0 aliphatic carbocycles. The Morgan fingerprint density at radius 2 is 1.68 bits per heavy atom. The van der Waals surface area contributed by atoms with E-state index in [0.717, 1.165) is 51.3 Å². The molecule has 28 heavy (non-hydrogen) atoms. The molecule has 4 nitrogen and oxygen atoms in total. The van der Waals surface area contributed by atoms with E-state index in [9.17, 15) is 9.90 Å². The molecule has 1 N–H and O–H groups in total. The lowest BCUT2D eigenvalue weighted by Gasteiger charge is -2.32. The highest BCUT2D eigenvalue weighted by molar-refractivity contribution is 5.78. The molecule has 1 aromatic rings. The topological polar surface area (TPSA) is 49.8 Å². The summed E-state index contributed by atoms with van der Waals surface area (Å²) in [4.78, 5) is 14.9. The van der Waals surface area contributed by atoms with Crippen molar-refractivity contribution >= 4 is 5.78 Å². The zero-order valence-electron chi connectivity index (χ0n) is 17.7. The van der Waals surface area contributed by atoms with Crippen LogP contribution >= 0.6 is 0 Å². The van der Waals surface area contributed by atoms with Gasteiger partial charge >= 0.3 is 0 Å². The van der Waals surface area contributed by atoms with E-state index >= 15 is 0 Å². The smallest absolute Gasteiger partial charge is 0.133 e. The van der Waals surface area contributed by atoms with Gasteiger partial charge in [-0.25, -0.2) is 0 Å². The number of hydrogen-bond donors (Lipinski definition) is 1. The maximum Gasteiger partial charge on any atom is 0.133 e. The molecule has 158 valence electrons. The number of aliphatic hydroxyl groups is 1. The van der Waals surface area contributed by atoms with Crippen LogP contribution in [-0.4, -0.2) is 48.6 Å². The van der Waals surface area contributed by atoms with E-state index in [1.165, 1.54) is 32.1 Å². The second-order valence-corrected chi connectivity index (χ2v) is 8.14. The predicted octanol–water partition coefficient (Wildman–Crippen LogP) is 4.77. The number of Topliss-reactive ketones (excluding diaryl/α,β-unsaturated/α-hetero) is 1. The molecule has 1 heterocycles. The van der Waals surface area contributed by atoms with Crippen LogP contribution in [0.25, 0.3) is 0 Å². The average Bonchev–Trinajstić information content (AvgIpc) is 2.73. The third-order valence-corrected chi connectivity index (χ3v) is 5.73. The van der Waals surface area contributed by atoms with Gasteiger partial charge < -0.3 is 9.84 Å². The third kappa shape index (κ3) is 8.85. The van der Waals surface area contributed by atoms with Crippen molar-refractivity contribution in [1.29, 1.82) is 0 Å². The first-order valence-electron chi connectivity index (χ1n) is 11.3. The van der Waals surface area contributed by atoms with Crippen LogP contribution in [0.15, 0.2) is 30.3 Å². The number of carbonyl (C=O) groups is 1. The number of hydrogen-bond acceptors (Lipinski definition) is 4. The number of rotatable bonds is 14. The lowest BCUT2D eigenvalue weighted by Crippen LogP contribution is -2.41. The molecule has 1 aromatic carbocycles. The summed E-state index contributed by atoms with van der Waals surface area (Å²) >= 11 is 0. The molecule has 0 spiro atoms. The number of nitrogens with zero attached hydrogens (tertiary/aromatic N) is 1. The van der Waals surface area contributed by atoms with Gasteiger partial charge in [0.1, 0.15) is 5.78 Å². The molecule has 0 bridgehead atoms. The molecule has 1 saturated heterocycles. The summed E-state index contributed by atoms with van der Waals surface area (Å²) in [5.41, 5.74) is 0.907. The average molecular weight is 390 g/mol. The lowest BCUT2D eigenvalue weighted by atomic mass is 9.89. The van der Waals surface area contributed by atoms with Gasteiger partial charge in [0.25, 0.3) is 0 Å². The van der Waals surface area contributed by atoms with Crippen molar-refractivity contribution in [3.8, 4) is 0 Å². The highest BCUT2D eigenvalue weighted by Crippen LogP contribution is 2.27.